The Morgan fingerprint density at radius 2 is 2.21 bits per heavy atom. The summed E-state index contributed by atoms with van der Waals surface area (Å²) in [5.74, 6) is 2.31. The van der Waals surface area contributed by atoms with Gasteiger partial charge in [0.1, 0.15) is 5.82 Å². The molecule has 1 fully saturated rings. The molecule has 78 valence electrons. The van der Waals surface area contributed by atoms with Crippen molar-refractivity contribution >= 4 is 0 Å². The highest BCUT2D eigenvalue weighted by molar-refractivity contribution is 5.08. The number of aromatic amines is 1. The molecule has 1 aromatic heterocycles. The molecule has 2 heterocycles. The molecular weight excluding hydrogens is 176 g/mol. The fourth-order valence-corrected chi connectivity index (χ4v) is 1.86. The van der Waals surface area contributed by atoms with Gasteiger partial charge in [0.15, 0.2) is 5.82 Å². The van der Waals surface area contributed by atoms with Crippen LogP contribution in [-0.4, -0.2) is 21.7 Å². The van der Waals surface area contributed by atoms with Crippen molar-refractivity contribution in [3.63, 3.8) is 0 Å². The Hall–Kier alpha value is -0.900. The van der Waals surface area contributed by atoms with Gasteiger partial charge >= 0.3 is 0 Å². The van der Waals surface area contributed by atoms with Crippen LogP contribution < -0.4 is 5.32 Å². The predicted molar refractivity (Wildman–Crippen MR) is 55.1 cm³/mol. The maximum atomic E-state index is 4.53. The van der Waals surface area contributed by atoms with Gasteiger partial charge in [-0.25, -0.2) is 4.98 Å². The van der Waals surface area contributed by atoms with Crippen LogP contribution in [0.15, 0.2) is 0 Å². The van der Waals surface area contributed by atoms with Gasteiger partial charge in [0.05, 0.1) is 5.54 Å². The summed E-state index contributed by atoms with van der Waals surface area (Å²) in [7, 11) is 0. The van der Waals surface area contributed by atoms with E-state index >= 15 is 0 Å². The average molecular weight is 194 g/mol. The van der Waals surface area contributed by atoms with Crippen molar-refractivity contribution in [2.75, 3.05) is 6.54 Å². The summed E-state index contributed by atoms with van der Waals surface area (Å²) >= 11 is 0. The SMILES string of the molecule is CC(C)c1nc(C2(C)CCCN2)n[nH]1. The van der Waals surface area contributed by atoms with E-state index in [1.165, 1.54) is 6.42 Å². The Balaban J connectivity index is 2.23. The first kappa shape index (κ1) is 9.65. The number of nitrogens with zero attached hydrogens (tertiary/aromatic N) is 2. The summed E-state index contributed by atoms with van der Waals surface area (Å²) in [6.07, 6.45) is 2.34. The van der Waals surface area contributed by atoms with E-state index in [4.69, 9.17) is 0 Å². The zero-order valence-corrected chi connectivity index (χ0v) is 9.09. The first-order valence-electron chi connectivity index (χ1n) is 5.29. The van der Waals surface area contributed by atoms with Crippen LogP contribution >= 0.6 is 0 Å². The lowest BCUT2D eigenvalue weighted by Gasteiger charge is -2.19. The predicted octanol–water partition coefficient (Wildman–Crippen LogP) is 1.53. The van der Waals surface area contributed by atoms with Crippen molar-refractivity contribution in [3.8, 4) is 0 Å². The smallest absolute Gasteiger partial charge is 0.170 e. The van der Waals surface area contributed by atoms with Gasteiger partial charge in [0.25, 0.3) is 0 Å². The maximum absolute atomic E-state index is 4.53. The number of H-pyrrole nitrogens is 1. The molecule has 0 aliphatic carbocycles. The van der Waals surface area contributed by atoms with Gasteiger partial charge in [-0.15, -0.1) is 0 Å². The van der Waals surface area contributed by atoms with Crippen LogP contribution in [0.1, 0.15) is 51.2 Å². The molecule has 1 aliphatic heterocycles. The van der Waals surface area contributed by atoms with Crippen LogP contribution in [0.3, 0.4) is 0 Å². The molecule has 1 saturated heterocycles. The molecule has 2 rings (SSSR count). The molecule has 4 heteroatoms. The molecule has 0 saturated carbocycles. The molecule has 14 heavy (non-hydrogen) atoms. The molecule has 0 aromatic carbocycles. The van der Waals surface area contributed by atoms with Crippen LogP contribution in [0, 0.1) is 0 Å². The molecule has 0 spiro atoms. The minimum atomic E-state index is -0.0103. The standard InChI is InChI=1S/C10H18N4/c1-7(2)8-12-9(14-13-8)10(3)5-4-6-11-10/h7,11H,4-6H2,1-3H3,(H,12,13,14). The minimum Gasteiger partial charge on any atom is -0.305 e. The Bertz CT molecular complexity index is 310. The lowest BCUT2D eigenvalue weighted by Crippen LogP contribution is -2.34. The van der Waals surface area contributed by atoms with E-state index in [2.05, 4.69) is 41.3 Å². The third-order valence-corrected chi connectivity index (χ3v) is 2.91. The Morgan fingerprint density at radius 3 is 2.71 bits per heavy atom. The highest BCUT2D eigenvalue weighted by Gasteiger charge is 2.33. The van der Waals surface area contributed by atoms with Crippen LogP contribution in [0.5, 0.6) is 0 Å². The molecule has 0 bridgehead atoms. The average Bonchev–Trinajstić information content (AvgIpc) is 2.71. The summed E-state index contributed by atoms with van der Waals surface area (Å²) < 4.78 is 0. The molecule has 0 amide bonds. The normalized spacial score (nSPS) is 27.4. The van der Waals surface area contributed by atoms with Crippen LogP contribution in [-0.2, 0) is 5.54 Å². The van der Waals surface area contributed by atoms with Crippen LogP contribution in [0.4, 0.5) is 0 Å². The topological polar surface area (TPSA) is 53.6 Å². The third kappa shape index (κ3) is 1.54. The largest absolute Gasteiger partial charge is 0.305 e. The van der Waals surface area contributed by atoms with Gasteiger partial charge in [-0.1, -0.05) is 13.8 Å². The highest BCUT2D eigenvalue weighted by atomic mass is 15.2. The summed E-state index contributed by atoms with van der Waals surface area (Å²) in [6.45, 7) is 7.48. The highest BCUT2D eigenvalue weighted by Crippen LogP contribution is 2.27. The third-order valence-electron chi connectivity index (χ3n) is 2.91. The van der Waals surface area contributed by atoms with Gasteiger partial charge in [-0.3, -0.25) is 5.10 Å². The summed E-state index contributed by atoms with van der Waals surface area (Å²) in [6, 6.07) is 0. The molecule has 1 unspecified atom stereocenters. The molecule has 1 aromatic rings. The van der Waals surface area contributed by atoms with Gasteiger partial charge in [0, 0.05) is 5.92 Å². The van der Waals surface area contributed by atoms with Gasteiger partial charge in [-0.05, 0) is 26.3 Å². The second kappa shape index (κ2) is 3.35. The Morgan fingerprint density at radius 1 is 1.43 bits per heavy atom. The maximum Gasteiger partial charge on any atom is 0.170 e. The van der Waals surface area contributed by atoms with E-state index in [1.54, 1.807) is 0 Å². The fourth-order valence-electron chi connectivity index (χ4n) is 1.86. The lowest BCUT2D eigenvalue weighted by molar-refractivity contribution is 0.408. The van der Waals surface area contributed by atoms with Crippen molar-refractivity contribution < 1.29 is 0 Å². The van der Waals surface area contributed by atoms with Gasteiger partial charge in [0.2, 0.25) is 0 Å². The zero-order chi connectivity index (χ0) is 10.2. The summed E-state index contributed by atoms with van der Waals surface area (Å²) in [5, 5.41) is 10.8. The van der Waals surface area contributed by atoms with Crippen molar-refractivity contribution in [3.05, 3.63) is 11.6 Å². The number of hydrogen-bond acceptors (Lipinski definition) is 3. The summed E-state index contributed by atoms with van der Waals surface area (Å²) in [4.78, 5) is 4.53. The minimum absolute atomic E-state index is 0.0103. The van der Waals surface area contributed by atoms with E-state index in [0.717, 1.165) is 24.6 Å². The monoisotopic (exact) mass is 194 g/mol. The number of hydrogen-bond donors (Lipinski definition) is 2. The molecule has 1 aliphatic rings. The lowest BCUT2D eigenvalue weighted by atomic mass is 10.00. The van der Waals surface area contributed by atoms with E-state index in [1.807, 2.05) is 0 Å². The van der Waals surface area contributed by atoms with E-state index < -0.39 is 0 Å². The first-order valence-corrected chi connectivity index (χ1v) is 5.29. The summed E-state index contributed by atoms with van der Waals surface area (Å²) in [5.41, 5.74) is -0.0103. The van der Waals surface area contributed by atoms with Crippen molar-refractivity contribution in [1.82, 2.24) is 20.5 Å². The van der Waals surface area contributed by atoms with Crippen molar-refractivity contribution in [1.29, 1.82) is 0 Å². The van der Waals surface area contributed by atoms with E-state index in [-0.39, 0.29) is 5.54 Å². The van der Waals surface area contributed by atoms with Gasteiger partial charge < -0.3 is 5.32 Å². The quantitative estimate of drug-likeness (QED) is 0.750. The first-order chi connectivity index (χ1) is 6.62. The Labute approximate surface area is 84.5 Å². The van der Waals surface area contributed by atoms with Crippen molar-refractivity contribution in [2.24, 2.45) is 0 Å². The van der Waals surface area contributed by atoms with Crippen LogP contribution in [0.2, 0.25) is 0 Å². The number of rotatable bonds is 2. The number of aromatic nitrogens is 3. The zero-order valence-electron chi connectivity index (χ0n) is 9.09. The van der Waals surface area contributed by atoms with Gasteiger partial charge in [-0.2, -0.15) is 5.10 Å². The van der Waals surface area contributed by atoms with E-state index in [0.29, 0.717) is 5.92 Å². The molecule has 0 radical (unpaired) electrons. The molecule has 2 N–H and O–H groups in total. The molecule has 4 nitrogen and oxygen atoms in total. The molecular formula is C10H18N4. The Kier molecular flexibility index (Phi) is 2.31. The second-order valence-electron chi connectivity index (χ2n) is 4.56. The van der Waals surface area contributed by atoms with Crippen LogP contribution in [0.25, 0.3) is 0 Å². The van der Waals surface area contributed by atoms with Crippen molar-refractivity contribution in [2.45, 2.75) is 45.1 Å². The number of nitrogens with one attached hydrogen (secondary N) is 2. The van der Waals surface area contributed by atoms with E-state index in [9.17, 15) is 0 Å². The molecule has 1 atom stereocenters. The second-order valence-corrected chi connectivity index (χ2v) is 4.56. The fraction of sp³-hybridized carbons (Fsp3) is 0.800.